The van der Waals surface area contributed by atoms with E-state index in [0.29, 0.717) is 68.5 Å². The molecule has 1 aromatic heterocycles. The zero-order chi connectivity index (χ0) is 27.9. The average Bonchev–Trinajstić information content (AvgIpc) is 2.89. The Kier molecular flexibility index (Phi) is 7.39. The number of nitrogens with one attached hydrogen (secondary N) is 2. The van der Waals surface area contributed by atoms with E-state index in [4.69, 9.17) is 30.8 Å². The number of aromatic amines is 1. The Hall–Kier alpha value is -3.43. The summed E-state index contributed by atoms with van der Waals surface area (Å²) in [6.07, 6.45) is 1.02. The molecule has 3 aromatic rings. The van der Waals surface area contributed by atoms with E-state index >= 15 is 0 Å². The number of anilines is 1. The first kappa shape index (κ1) is 27.1. The van der Waals surface area contributed by atoms with E-state index in [9.17, 15) is 9.59 Å². The number of nitrogens with zero attached hydrogens (tertiary/aromatic N) is 1. The molecule has 0 unspecified atom stereocenters. The number of carbonyl (C=O) groups is 1. The number of allylic oxidation sites excluding steroid dienone is 2. The van der Waals surface area contributed by atoms with Crippen molar-refractivity contribution in [2.75, 3.05) is 26.6 Å². The third-order valence-corrected chi connectivity index (χ3v) is 8.33. The van der Waals surface area contributed by atoms with Crippen LogP contribution in [-0.4, -0.2) is 37.1 Å². The molecule has 2 heterocycles. The highest BCUT2D eigenvalue weighted by atomic mass is 35.5. The van der Waals surface area contributed by atoms with Crippen molar-refractivity contribution in [3.63, 3.8) is 0 Å². The molecule has 0 spiro atoms. The number of ketones is 1. The molecule has 0 saturated carbocycles. The number of thioether (sulfide) groups is 1. The van der Waals surface area contributed by atoms with Crippen molar-refractivity contribution in [2.45, 2.75) is 43.5 Å². The van der Waals surface area contributed by atoms with Gasteiger partial charge in [0.1, 0.15) is 5.82 Å². The molecule has 2 aromatic carbocycles. The maximum absolute atomic E-state index is 13.7. The SMILES string of the molecule is COc1cc([C@H]2C3=C(CC(C)(C)CC3=O)Nc3nc(SCc4ccccc4Cl)[nH]c(=O)c32)cc(OC)c1OC. The normalized spacial score (nSPS) is 17.7. The van der Waals surface area contributed by atoms with Crippen molar-refractivity contribution in [2.24, 2.45) is 5.41 Å². The number of fused-ring (bicyclic) bond motifs is 1. The number of H-pyrrole nitrogens is 1. The predicted octanol–water partition coefficient (Wildman–Crippen LogP) is 5.94. The summed E-state index contributed by atoms with van der Waals surface area (Å²) < 4.78 is 16.7. The highest BCUT2D eigenvalue weighted by Gasteiger charge is 2.43. The molecular formula is C29H30ClN3O5S. The fourth-order valence-electron chi connectivity index (χ4n) is 5.32. The van der Waals surface area contributed by atoms with E-state index in [1.165, 1.54) is 33.1 Å². The lowest BCUT2D eigenvalue weighted by Gasteiger charge is -2.38. The van der Waals surface area contributed by atoms with Crippen LogP contribution in [0.5, 0.6) is 17.2 Å². The van der Waals surface area contributed by atoms with Gasteiger partial charge in [0.05, 0.1) is 26.9 Å². The van der Waals surface area contributed by atoms with E-state index in [0.717, 1.165) is 11.3 Å². The number of Topliss-reactive ketones (excluding diaryl/α,β-unsaturated/α-hetero) is 1. The summed E-state index contributed by atoms with van der Waals surface area (Å²) >= 11 is 7.71. The lowest BCUT2D eigenvalue weighted by atomic mass is 9.69. The number of benzene rings is 2. The molecule has 8 nitrogen and oxygen atoms in total. The first-order valence-corrected chi connectivity index (χ1v) is 13.9. The van der Waals surface area contributed by atoms with Crippen LogP contribution in [0.2, 0.25) is 5.02 Å². The van der Waals surface area contributed by atoms with Crippen molar-refractivity contribution in [3.05, 3.63) is 79.7 Å². The first-order valence-electron chi connectivity index (χ1n) is 12.5. The Morgan fingerprint density at radius 3 is 2.38 bits per heavy atom. The quantitative estimate of drug-likeness (QED) is 0.267. The largest absolute Gasteiger partial charge is 0.493 e. The highest BCUT2D eigenvalue weighted by molar-refractivity contribution is 7.98. The number of ether oxygens (including phenoxy) is 3. The molecule has 1 aliphatic heterocycles. The van der Waals surface area contributed by atoms with Gasteiger partial charge in [-0.2, -0.15) is 0 Å². The van der Waals surface area contributed by atoms with Crippen LogP contribution in [0, 0.1) is 5.41 Å². The van der Waals surface area contributed by atoms with Crippen molar-refractivity contribution >= 4 is 35.0 Å². The molecule has 0 fully saturated rings. The van der Waals surface area contributed by atoms with Crippen LogP contribution in [0.25, 0.3) is 0 Å². The van der Waals surface area contributed by atoms with Gasteiger partial charge in [-0.15, -0.1) is 0 Å². The van der Waals surface area contributed by atoms with Crippen LogP contribution in [0.4, 0.5) is 5.82 Å². The zero-order valence-electron chi connectivity index (χ0n) is 22.4. The third-order valence-electron chi connectivity index (χ3n) is 7.04. The zero-order valence-corrected chi connectivity index (χ0v) is 24.0. The van der Waals surface area contributed by atoms with Crippen LogP contribution < -0.4 is 25.1 Å². The molecule has 0 amide bonds. The average molecular weight is 568 g/mol. The Bertz CT molecular complexity index is 1520. The fraction of sp³-hybridized carbons (Fsp3) is 0.345. The van der Waals surface area contributed by atoms with Crippen molar-refractivity contribution in [1.82, 2.24) is 9.97 Å². The molecule has 0 bridgehead atoms. The van der Waals surface area contributed by atoms with Crippen LogP contribution in [0.15, 0.2) is 57.6 Å². The van der Waals surface area contributed by atoms with Crippen molar-refractivity contribution < 1.29 is 19.0 Å². The van der Waals surface area contributed by atoms with Gasteiger partial charge in [-0.05, 0) is 41.2 Å². The minimum Gasteiger partial charge on any atom is -0.493 e. The maximum Gasteiger partial charge on any atom is 0.257 e. The Labute approximate surface area is 236 Å². The lowest BCUT2D eigenvalue weighted by molar-refractivity contribution is -0.118. The summed E-state index contributed by atoms with van der Waals surface area (Å²) in [7, 11) is 4.60. The van der Waals surface area contributed by atoms with Crippen LogP contribution in [0.3, 0.4) is 0 Å². The summed E-state index contributed by atoms with van der Waals surface area (Å²) in [6, 6.07) is 11.2. The van der Waals surface area contributed by atoms with Gasteiger partial charge in [-0.25, -0.2) is 4.98 Å². The monoisotopic (exact) mass is 567 g/mol. The Morgan fingerprint density at radius 2 is 1.74 bits per heavy atom. The van der Waals surface area contributed by atoms with Gasteiger partial charge in [-0.1, -0.05) is 55.4 Å². The number of hydrogen-bond acceptors (Lipinski definition) is 8. The number of carbonyl (C=O) groups excluding carboxylic acids is 1. The summed E-state index contributed by atoms with van der Waals surface area (Å²) in [5.41, 5.74) is 2.79. The van der Waals surface area contributed by atoms with Gasteiger partial charge in [0.15, 0.2) is 22.4 Å². The van der Waals surface area contributed by atoms with Crippen LogP contribution >= 0.6 is 23.4 Å². The van der Waals surface area contributed by atoms with E-state index in [1.807, 2.05) is 24.3 Å². The molecule has 0 radical (unpaired) electrons. The smallest absolute Gasteiger partial charge is 0.257 e. The molecule has 2 aliphatic rings. The van der Waals surface area contributed by atoms with Gasteiger partial charge < -0.3 is 24.5 Å². The first-order chi connectivity index (χ1) is 18.7. The number of halogens is 1. The molecule has 1 atom stereocenters. The van der Waals surface area contributed by atoms with E-state index in [2.05, 4.69) is 24.1 Å². The Morgan fingerprint density at radius 1 is 1.05 bits per heavy atom. The predicted molar refractivity (Wildman–Crippen MR) is 152 cm³/mol. The van der Waals surface area contributed by atoms with E-state index in [1.54, 1.807) is 12.1 Å². The van der Waals surface area contributed by atoms with Gasteiger partial charge in [0.2, 0.25) is 5.75 Å². The molecular weight excluding hydrogens is 538 g/mol. The molecule has 5 rings (SSSR count). The number of rotatable bonds is 7. The fourth-order valence-corrected chi connectivity index (χ4v) is 6.47. The minimum absolute atomic E-state index is 0.00489. The molecule has 204 valence electrons. The minimum atomic E-state index is -0.660. The van der Waals surface area contributed by atoms with Gasteiger partial charge in [0.25, 0.3) is 5.56 Å². The molecule has 39 heavy (non-hydrogen) atoms. The lowest BCUT2D eigenvalue weighted by Crippen LogP contribution is -2.37. The second kappa shape index (κ2) is 10.6. The Balaban J connectivity index is 1.65. The second-order valence-corrected chi connectivity index (χ2v) is 11.7. The number of methoxy groups -OCH3 is 3. The molecule has 10 heteroatoms. The van der Waals surface area contributed by atoms with Crippen molar-refractivity contribution in [1.29, 1.82) is 0 Å². The molecule has 0 saturated heterocycles. The standard InChI is InChI=1S/C29H30ClN3O5S/c1-29(2)12-18-23(19(34)13-29)22(16-10-20(36-3)25(38-5)21(11-16)37-4)24-26(31-18)32-28(33-27(24)35)39-14-15-8-6-7-9-17(15)30/h6-11,22H,12-14H2,1-5H3,(H2,31,32,33,35)/t22-/m0/s1. The maximum atomic E-state index is 13.7. The molecule has 2 N–H and O–H groups in total. The second-order valence-electron chi connectivity index (χ2n) is 10.4. The summed E-state index contributed by atoms with van der Waals surface area (Å²) in [6.45, 7) is 4.13. The third kappa shape index (κ3) is 5.13. The van der Waals surface area contributed by atoms with Gasteiger partial charge in [0, 0.05) is 34.4 Å². The molecule has 1 aliphatic carbocycles. The van der Waals surface area contributed by atoms with E-state index < -0.39 is 5.92 Å². The van der Waals surface area contributed by atoms with Gasteiger partial charge >= 0.3 is 0 Å². The van der Waals surface area contributed by atoms with E-state index in [-0.39, 0.29) is 16.8 Å². The van der Waals surface area contributed by atoms with Crippen molar-refractivity contribution in [3.8, 4) is 17.2 Å². The summed E-state index contributed by atoms with van der Waals surface area (Å²) in [5, 5.41) is 4.47. The highest BCUT2D eigenvalue weighted by Crippen LogP contribution is 2.50. The number of aromatic nitrogens is 2. The summed E-state index contributed by atoms with van der Waals surface area (Å²) in [4.78, 5) is 35.0. The number of hydrogen-bond donors (Lipinski definition) is 2. The van der Waals surface area contributed by atoms with Crippen LogP contribution in [0.1, 0.15) is 49.3 Å². The van der Waals surface area contributed by atoms with Crippen LogP contribution in [-0.2, 0) is 10.5 Å². The summed E-state index contributed by atoms with van der Waals surface area (Å²) in [5.74, 6) is 1.62. The van der Waals surface area contributed by atoms with Gasteiger partial charge in [-0.3, -0.25) is 9.59 Å². The topological polar surface area (TPSA) is 103 Å².